The van der Waals surface area contributed by atoms with Crippen LogP contribution in [0.5, 0.6) is 28.7 Å². The molecule has 0 amide bonds. The normalized spacial score (nSPS) is 12.2. The largest absolute Gasteiger partial charge is 0.493 e. The summed E-state index contributed by atoms with van der Waals surface area (Å²) in [7, 11) is 5.78. The first-order valence-electron chi connectivity index (χ1n) is 10.5. The number of hydrogen-bond acceptors (Lipinski definition) is 8. The molecule has 0 unspecified atom stereocenters. The summed E-state index contributed by atoms with van der Waals surface area (Å²) in [6, 6.07) is 14.4. The number of ether oxygens (including phenoxy) is 5. The van der Waals surface area contributed by atoms with Gasteiger partial charge in [0.1, 0.15) is 0 Å². The van der Waals surface area contributed by atoms with Crippen molar-refractivity contribution in [3.8, 4) is 28.7 Å². The van der Waals surface area contributed by atoms with Gasteiger partial charge in [-0.3, -0.25) is 9.59 Å². The Morgan fingerprint density at radius 1 is 0.686 bits per heavy atom. The lowest BCUT2D eigenvalue weighted by molar-refractivity contribution is 0.0728. The second-order valence-corrected chi connectivity index (χ2v) is 7.48. The van der Waals surface area contributed by atoms with Crippen LogP contribution in [0.3, 0.4) is 0 Å². The summed E-state index contributed by atoms with van der Waals surface area (Å²) in [5, 5.41) is 0. The van der Waals surface area contributed by atoms with Gasteiger partial charge < -0.3 is 23.7 Å². The van der Waals surface area contributed by atoms with E-state index in [0.29, 0.717) is 33.9 Å². The molecule has 0 bridgehead atoms. The number of carbonyl (C=O) groups excluding carboxylic acids is 3. The molecule has 4 rings (SSSR count). The van der Waals surface area contributed by atoms with Crippen molar-refractivity contribution in [2.24, 2.45) is 0 Å². The highest BCUT2D eigenvalue weighted by Gasteiger charge is 2.32. The van der Waals surface area contributed by atoms with Gasteiger partial charge in [-0.2, -0.15) is 0 Å². The third kappa shape index (κ3) is 4.33. The van der Waals surface area contributed by atoms with Gasteiger partial charge in [0.25, 0.3) is 0 Å². The Kier molecular flexibility index (Phi) is 6.55. The lowest BCUT2D eigenvalue weighted by Crippen LogP contribution is -2.10. The van der Waals surface area contributed by atoms with Crippen molar-refractivity contribution in [3.05, 3.63) is 82.4 Å². The third-order valence-electron chi connectivity index (χ3n) is 5.51. The Balaban J connectivity index is 1.62. The molecule has 0 aliphatic heterocycles. The van der Waals surface area contributed by atoms with Crippen LogP contribution in [-0.2, 0) is 0 Å². The van der Waals surface area contributed by atoms with Crippen molar-refractivity contribution in [2.45, 2.75) is 0 Å². The maximum Gasteiger partial charge on any atom is 0.343 e. The number of rotatable bonds is 7. The number of hydrogen-bond donors (Lipinski definition) is 0. The third-order valence-corrected chi connectivity index (χ3v) is 5.51. The van der Waals surface area contributed by atoms with Crippen molar-refractivity contribution < 1.29 is 38.1 Å². The van der Waals surface area contributed by atoms with Crippen LogP contribution in [0.25, 0.3) is 6.08 Å². The first kappa shape index (κ1) is 23.6. The van der Waals surface area contributed by atoms with Crippen LogP contribution >= 0.6 is 0 Å². The Hall–Kier alpha value is -4.59. The quantitative estimate of drug-likeness (QED) is 0.215. The molecule has 0 fully saturated rings. The van der Waals surface area contributed by atoms with E-state index in [0.717, 1.165) is 0 Å². The van der Waals surface area contributed by atoms with Crippen LogP contribution < -0.4 is 23.7 Å². The van der Waals surface area contributed by atoms with Crippen molar-refractivity contribution >= 4 is 23.6 Å². The fraction of sp³-hybridized carbons (Fsp3) is 0.148. The first-order valence-corrected chi connectivity index (χ1v) is 10.5. The molecule has 0 N–H and O–H groups in total. The molecule has 1 aliphatic rings. The molecular weight excluding hydrogens is 452 g/mol. The maximum absolute atomic E-state index is 12.9. The molecule has 0 saturated heterocycles. The molecule has 8 nitrogen and oxygen atoms in total. The second-order valence-electron chi connectivity index (χ2n) is 7.48. The summed E-state index contributed by atoms with van der Waals surface area (Å²) < 4.78 is 26.8. The van der Waals surface area contributed by atoms with Crippen LogP contribution in [0, 0.1) is 0 Å². The van der Waals surface area contributed by atoms with E-state index < -0.39 is 5.97 Å². The lowest BCUT2D eigenvalue weighted by Gasteiger charge is -2.14. The van der Waals surface area contributed by atoms with E-state index >= 15 is 0 Å². The number of esters is 1. The van der Waals surface area contributed by atoms with E-state index in [2.05, 4.69) is 0 Å². The summed E-state index contributed by atoms with van der Waals surface area (Å²) in [6.45, 7) is 0. The summed E-state index contributed by atoms with van der Waals surface area (Å²) in [5.41, 5.74) is 1.54. The molecule has 0 aromatic heterocycles. The van der Waals surface area contributed by atoms with Gasteiger partial charge in [0.2, 0.25) is 5.75 Å². The Labute approximate surface area is 201 Å². The zero-order valence-electron chi connectivity index (χ0n) is 19.5. The predicted octanol–water partition coefficient (Wildman–Crippen LogP) is 4.40. The topological polar surface area (TPSA) is 97.4 Å². The van der Waals surface area contributed by atoms with E-state index in [1.54, 1.807) is 36.4 Å². The van der Waals surface area contributed by atoms with Crippen LogP contribution in [-0.4, -0.2) is 46.0 Å². The summed E-state index contributed by atoms with van der Waals surface area (Å²) in [6.07, 6.45) is 1.50. The van der Waals surface area contributed by atoms with Gasteiger partial charge in [-0.15, -0.1) is 0 Å². The van der Waals surface area contributed by atoms with E-state index in [4.69, 9.17) is 23.7 Å². The van der Waals surface area contributed by atoms with Crippen LogP contribution in [0.4, 0.5) is 0 Å². The summed E-state index contributed by atoms with van der Waals surface area (Å²) in [5.74, 6) is 0.0189. The highest BCUT2D eigenvalue weighted by Crippen LogP contribution is 2.39. The number of ketones is 2. The number of allylic oxidation sites excluding steroid dienone is 1. The molecule has 1 aliphatic carbocycles. The van der Waals surface area contributed by atoms with Crippen LogP contribution in [0.15, 0.2) is 60.2 Å². The second kappa shape index (κ2) is 9.72. The van der Waals surface area contributed by atoms with Crippen molar-refractivity contribution in [1.82, 2.24) is 0 Å². The van der Waals surface area contributed by atoms with Gasteiger partial charge in [-0.25, -0.2) is 4.79 Å². The Morgan fingerprint density at radius 2 is 1.26 bits per heavy atom. The SMILES string of the molecule is COc1cc(C=C2C(=O)c3ccccc3C2=O)ccc1OC(=O)c1cc(OC)c(OC)c(OC)c1. The van der Waals surface area contributed by atoms with Crippen LogP contribution in [0.1, 0.15) is 36.6 Å². The van der Waals surface area contributed by atoms with Crippen molar-refractivity contribution in [2.75, 3.05) is 28.4 Å². The molecule has 178 valence electrons. The molecule has 0 atom stereocenters. The minimum Gasteiger partial charge on any atom is -0.493 e. The van der Waals surface area contributed by atoms with Crippen molar-refractivity contribution in [3.63, 3.8) is 0 Å². The highest BCUT2D eigenvalue weighted by molar-refractivity contribution is 6.41. The van der Waals surface area contributed by atoms with Gasteiger partial charge >= 0.3 is 5.97 Å². The minimum atomic E-state index is -0.676. The predicted molar refractivity (Wildman–Crippen MR) is 127 cm³/mol. The van der Waals surface area contributed by atoms with Crippen LogP contribution in [0.2, 0.25) is 0 Å². The average molecular weight is 474 g/mol. The zero-order valence-corrected chi connectivity index (χ0v) is 19.5. The van der Waals surface area contributed by atoms with Gasteiger partial charge in [0.05, 0.1) is 39.6 Å². The number of Topliss-reactive ketones (excluding diaryl/α,β-unsaturated/α-hetero) is 2. The minimum absolute atomic E-state index is 0.0652. The molecule has 0 saturated carbocycles. The molecule has 8 heteroatoms. The maximum atomic E-state index is 12.9. The summed E-state index contributed by atoms with van der Waals surface area (Å²) in [4.78, 5) is 38.2. The monoisotopic (exact) mass is 474 g/mol. The lowest BCUT2D eigenvalue weighted by atomic mass is 10.1. The average Bonchev–Trinajstić information content (AvgIpc) is 3.13. The molecule has 0 spiro atoms. The number of methoxy groups -OCH3 is 4. The smallest absolute Gasteiger partial charge is 0.343 e. The zero-order chi connectivity index (χ0) is 25.1. The first-order chi connectivity index (χ1) is 16.9. The van der Waals surface area contributed by atoms with Gasteiger partial charge in [-0.05, 0) is 35.9 Å². The molecule has 3 aromatic carbocycles. The fourth-order valence-electron chi connectivity index (χ4n) is 3.79. The van der Waals surface area contributed by atoms with E-state index in [1.807, 2.05) is 0 Å². The Bertz CT molecular complexity index is 1310. The highest BCUT2D eigenvalue weighted by atomic mass is 16.6. The molecule has 0 radical (unpaired) electrons. The molecule has 35 heavy (non-hydrogen) atoms. The van der Waals surface area contributed by atoms with Gasteiger partial charge in [0.15, 0.2) is 34.6 Å². The molecule has 0 heterocycles. The van der Waals surface area contributed by atoms with Crippen molar-refractivity contribution in [1.29, 1.82) is 0 Å². The number of fused-ring (bicyclic) bond motifs is 1. The molecular formula is C27H22O8. The number of benzene rings is 3. The number of carbonyl (C=O) groups is 3. The van der Waals surface area contributed by atoms with E-state index in [9.17, 15) is 14.4 Å². The molecule has 3 aromatic rings. The van der Waals surface area contributed by atoms with Gasteiger partial charge in [0, 0.05) is 11.1 Å². The fourth-order valence-corrected chi connectivity index (χ4v) is 3.79. The Morgan fingerprint density at radius 3 is 1.77 bits per heavy atom. The summed E-state index contributed by atoms with van der Waals surface area (Å²) >= 11 is 0. The standard InChI is InChI=1S/C27H22O8/c1-31-21-12-15(11-19-24(28)17-7-5-6-8-18(17)25(19)29)9-10-20(21)35-27(30)16-13-22(32-2)26(34-4)23(14-16)33-3/h5-14H,1-4H3. The van der Waals surface area contributed by atoms with E-state index in [-0.39, 0.29) is 34.2 Å². The van der Waals surface area contributed by atoms with E-state index in [1.165, 1.54) is 52.7 Å². The van der Waals surface area contributed by atoms with Gasteiger partial charge in [-0.1, -0.05) is 30.3 Å².